The predicted molar refractivity (Wildman–Crippen MR) is 74.4 cm³/mol. The summed E-state index contributed by atoms with van der Waals surface area (Å²) in [5.74, 6) is 0.0837. The summed E-state index contributed by atoms with van der Waals surface area (Å²) in [7, 11) is 0. The molecule has 2 aromatic rings. The summed E-state index contributed by atoms with van der Waals surface area (Å²) < 4.78 is 5.33. The predicted octanol–water partition coefficient (Wildman–Crippen LogP) is 3.60. The van der Waals surface area contributed by atoms with Gasteiger partial charge in [-0.15, -0.1) is 0 Å². The highest BCUT2D eigenvalue weighted by molar-refractivity contribution is 5.99. The molecule has 0 saturated carbocycles. The molecule has 19 heavy (non-hydrogen) atoms. The molecule has 0 fully saturated rings. The number of benzene rings is 2. The van der Waals surface area contributed by atoms with Gasteiger partial charge >= 0.3 is 5.97 Å². The van der Waals surface area contributed by atoms with Gasteiger partial charge in [-0.1, -0.05) is 24.3 Å². The van der Waals surface area contributed by atoms with Gasteiger partial charge in [0.05, 0.1) is 5.41 Å². The maximum Gasteiger partial charge on any atom is 0.316 e. The van der Waals surface area contributed by atoms with Gasteiger partial charge in [-0.25, -0.2) is 0 Å². The zero-order valence-electron chi connectivity index (χ0n) is 11.3. The van der Waals surface area contributed by atoms with Crippen LogP contribution in [0.3, 0.4) is 0 Å². The molecule has 2 aromatic carbocycles. The van der Waals surface area contributed by atoms with E-state index in [0.717, 1.165) is 17.1 Å². The molecule has 0 spiro atoms. The number of hydrogen-bond acceptors (Lipinski definition) is 3. The van der Waals surface area contributed by atoms with Gasteiger partial charge < -0.3 is 4.74 Å². The van der Waals surface area contributed by atoms with Crippen molar-refractivity contribution >= 4 is 23.0 Å². The maximum absolute atomic E-state index is 11.9. The third-order valence-electron chi connectivity index (χ3n) is 2.82. The van der Waals surface area contributed by atoms with Crippen LogP contribution in [0.5, 0.6) is 5.75 Å². The average Bonchev–Trinajstić information content (AvgIpc) is 2.36. The zero-order chi connectivity index (χ0) is 14.0. The number of hydrogen-bond donors (Lipinski definition) is 0. The van der Waals surface area contributed by atoms with Crippen LogP contribution >= 0.6 is 0 Å². The largest absolute Gasteiger partial charge is 0.426 e. The van der Waals surface area contributed by atoms with Crippen LogP contribution in [0.1, 0.15) is 31.1 Å². The molecular weight excluding hydrogens is 240 g/mol. The number of aldehydes is 1. The molecule has 0 unspecified atom stereocenters. The highest BCUT2D eigenvalue weighted by Gasteiger charge is 2.24. The minimum Gasteiger partial charge on any atom is -0.426 e. The van der Waals surface area contributed by atoms with Gasteiger partial charge in [-0.2, -0.15) is 0 Å². The Balaban J connectivity index is 2.45. The molecule has 0 aliphatic heterocycles. The van der Waals surface area contributed by atoms with Crippen LogP contribution in [0.25, 0.3) is 10.8 Å². The summed E-state index contributed by atoms with van der Waals surface area (Å²) >= 11 is 0. The van der Waals surface area contributed by atoms with E-state index < -0.39 is 5.41 Å². The van der Waals surface area contributed by atoms with E-state index in [1.165, 1.54) is 0 Å². The standard InChI is InChI=1S/C16H16O3/c1-16(2,3)15(18)19-13-8-11-6-4-5-7-14(11)12(9-13)10-17/h4-10H,1-3H3. The van der Waals surface area contributed by atoms with Crippen molar-refractivity contribution in [2.24, 2.45) is 5.41 Å². The molecule has 0 aliphatic rings. The average molecular weight is 256 g/mol. The van der Waals surface area contributed by atoms with Gasteiger partial charge in [0.2, 0.25) is 0 Å². The topological polar surface area (TPSA) is 43.4 Å². The molecule has 0 aliphatic carbocycles. The molecule has 0 aromatic heterocycles. The van der Waals surface area contributed by atoms with Crippen LogP contribution in [0.4, 0.5) is 0 Å². The van der Waals surface area contributed by atoms with Crippen molar-refractivity contribution in [2.75, 3.05) is 0 Å². The molecular formula is C16H16O3. The van der Waals surface area contributed by atoms with Crippen molar-refractivity contribution in [3.63, 3.8) is 0 Å². The zero-order valence-corrected chi connectivity index (χ0v) is 11.3. The third-order valence-corrected chi connectivity index (χ3v) is 2.82. The van der Waals surface area contributed by atoms with Crippen molar-refractivity contribution in [3.05, 3.63) is 42.0 Å². The number of rotatable bonds is 2. The first-order valence-corrected chi connectivity index (χ1v) is 6.12. The van der Waals surface area contributed by atoms with Crippen molar-refractivity contribution < 1.29 is 14.3 Å². The lowest BCUT2D eigenvalue weighted by atomic mass is 9.97. The third kappa shape index (κ3) is 2.81. The first kappa shape index (κ1) is 13.3. The van der Waals surface area contributed by atoms with E-state index in [-0.39, 0.29) is 5.97 Å². The molecule has 3 nitrogen and oxygen atoms in total. The van der Waals surface area contributed by atoms with Crippen LogP contribution < -0.4 is 4.74 Å². The summed E-state index contributed by atoms with van der Waals surface area (Å²) in [6, 6.07) is 10.9. The summed E-state index contributed by atoms with van der Waals surface area (Å²) in [4.78, 5) is 23.0. The minimum absolute atomic E-state index is 0.320. The van der Waals surface area contributed by atoms with Crippen LogP contribution in [0.2, 0.25) is 0 Å². The van der Waals surface area contributed by atoms with Crippen LogP contribution in [0.15, 0.2) is 36.4 Å². The van der Waals surface area contributed by atoms with E-state index in [1.807, 2.05) is 24.3 Å². The number of carbonyl (C=O) groups is 2. The van der Waals surface area contributed by atoms with E-state index >= 15 is 0 Å². The van der Waals surface area contributed by atoms with Gasteiger partial charge in [0, 0.05) is 5.56 Å². The van der Waals surface area contributed by atoms with E-state index in [2.05, 4.69) is 0 Å². The molecule has 0 bridgehead atoms. The van der Waals surface area contributed by atoms with Gasteiger partial charge in [-0.05, 0) is 43.7 Å². The Morgan fingerprint density at radius 1 is 1.16 bits per heavy atom. The number of ether oxygens (including phenoxy) is 1. The lowest BCUT2D eigenvalue weighted by Gasteiger charge is -2.16. The van der Waals surface area contributed by atoms with Gasteiger partial charge in [-0.3, -0.25) is 9.59 Å². The van der Waals surface area contributed by atoms with Gasteiger partial charge in [0.1, 0.15) is 5.75 Å². The lowest BCUT2D eigenvalue weighted by Crippen LogP contribution is -2.25. The molecule has 0 N–H and O–H groups in total. The molecule has 0 amide bonds. The van der Waals surface area contributed by atoms with Crippen LogP contribution in [0, 0.1) is 5.41 Å². The molecule has 0 atom stereocenters. The van der Waals surface area contributed by atoms with Crippen molar-refractivity contribution in [3.8, 4) is 5.75 Å². The second-order valence-corrected chi connectivity index (χ2v) is 5.49. The molecule has 98 valence electrons. The van der Waals surface area contributed by atoms with Gasteiger partial charge in [0.15, 0.2) is 6.29 Å². The summed E-state index contributed by atoms with van der Waals surface area (Å²) in [5, 5.41) is 1.73. The second-order valence-electron chi connectivity index (χ2n) is 5.49. The molecule has 2 rings (SSSR count). The van der Waals surface area contributed by atoms with Crippen molar-refractivity contribution in [1.29, 1.82) is 0 Å². The second kappa shape index (κ2) is 4.84. The van der Waals surface area contributed by atoms with Crippen molar-refractivity contribution in [1.82, 2.24) is 0 Å². The number of carbonyl (C=O) groups excluding carboxylic acids is 2. The number of esters is 1. The first-order chi connectivity index (χ1) is 8.91. The Kier molecular flexibility index (Phi) is 3.38. The first-order valence-electron chi connectivity index (χ1n) is 6.12. The Morgan fingerprint density at radius 3 is 2.47 bits per heavy atom. The Bertz CT molecular complexity index is 636. The van der Waals surface area contributed by atoms with Crippen LogP contribution in [-0.4, -0.2) is 12.3 Å². The van der Waals surface area contributed by atoms with E-state index in [4.69, 9.17) is 4.74 Å². The van der Waals surface area contributed by atoms with E-state index in [1.54, 1.807) is 32.9 Å². The fourth-order valence-corrected chi connectivity index (χ4v) is 1.73. The smallest absolute Gasteiger partial charge is 0.316 e. The fraction of sp³-hybridized carbons (Fsp3) is 0.250. The van der Waals surface area contributed by atoms with E-state index in [9.17, 15) is 9.59 Å². The summed E-state index contributed by atoms with van der Waals surface area (Å²) in [6.45, 7) is 5.37. The normalized spacial score (nSPS) is 11.3. The highest BCUT2D eigenvalue weighted by atomic mass is 16.5. The Hall–Kier alpha value is -2.16. The molecule has 3 heteroatoms. The molecule has 0 radical (unpaired) electrons. The Morgan fingerprint density at radius 2 is 1.84 bits per heavy atom. The van der Waals surface area contributed by atoms with Crippen molar-refractivity contribution in [2.45, 2.75) is 20.8 Å². The van der Waals surface area contributed by atoms with E-state index in [0.29, 0.717) is 11.3 Å². The van der Waals surface area contributed by atoms with Crippen LogP contribution in [-0.2, 0) is 4.79 Å². The maximum atomic E-state index is 11.9. The summed E-state index contributed by atoms with van der Waals surface area (Å²) in [5.41, 5.74) is -0.0534. The Labute approximate surface area is 112 Å². The SMILES string of the molecule is CC(C)(C)C(=O)Oc1cc(C=O)c2ccccc2c1. The van der Waals surface area contributed by atoms with Gasteiger partial charge in [0.25, 0.3) is 0 Å². The number of fused-ring (bicyclic) bond motifs is 1. The highest BCUT2D eigenvalue weighted by Crippen LogP contribution is 2.26. The minimum atomic E-state index is -0.576. The molecule has 0 saturated heterocycles. The fourth-order valence-electron chi connectivity index (χ4n) is 1.73. The summed E-state index contributed by atoms with van der Waals surface area (Å²) in [6.07, 6.45) is 0.775. The molecule has 0 heterocycles. The quantitative estimate of drug-likeness (QED) is 0.468. The lowest BCUT2D eigenvalue weighted by molar-refractivity contribution is -0.142. The monoisotopic (exact) mass is 256 g/mol.